The highest BCUT2D eigenvalue weighted by Gasteiger charge is 2.47. The van der Waals surface area contributed by atoms with Gasteiger partial charge in [0.2, 0.25) is 0 Å². The highest BCUT2D eigenvalue weighted by Crippen LogP contribution is 2.55. The first kappa shape index (κ1) is 44.3. The van der Waals surface area contributed by atoms with E-state index in [9.17, 15) is 0 Å². The first-order valence-electron chi connectivity index (χ1n) is 25.7. The molecule has 6 aromatic carbocycles. The highest BCUT2D eigenvalue weighted by molar-refractivity contribution is 7.00. The number of aryl methyl sites for hydroxylation is 3. The van der Waals surface area contributed by atoms with Crippen LogP contribution in [0, 0.1) is 20.8 Å². The number of hydrogen-bond acceptors (Lipinski definition) is 3. The summed E-state index contributed by atoms with van der Waals surface area (Å²) in [5.74, 6) is 0. The lowest BCUT2D eigenvalue weighted by Crippen LogP contribution is -2.61. The molecule has 0 N–H and O–H groups in total. The summed E-state index contributed by atoms with van der Waals surface area (Å²) in [7, 11) is 0. The largest absolute Gasteiger partial charge is 0.456 e. The van der Waals surface area contributed by atoms with Gasteiger partial charge in [0.05, 0.1) is 0 Å². The Bertz CT molecular complexity index is 3380. The molecule has 7 aromatic rings. The van der Waals surface area contributed by atoms with E-state index in [-0.39, 0.29) is 39.2 Å². The van der Waals surface area contributed by atoms with Crippen molar-refractivity contribution in [3.63, 3.8) is 0 Å². The third-order valence-electron chi connectivity index (χ3n) is 18.6. The Morgan fingerprint density at radius 3 is 1.29 bits per heavy atom. The Kier molecular flexibility index (Phi) is 9.05. The maximum absolute atomic E-state index is 7.15. The molecule has 0 saturated heterocycles. The molecule has 5 heteroatoms. The minimum atomic E-state index is -0.0549. The zero-order valence-electron chi connectivity index (χ0n) is 43.5. The van der Waals surface area contributed by atoms with Gasteiger partial charge in [-0.1, -0.05) is 113 Å². The lowest BCUT2D eigenvalue weighted by atomic mass is 9.33. The second-order valence-electron chi connectivity index (χ2n) is 26.1. The molecule has 1 aromatic heterocycles. The Morgan fingerprint density at radius 1 is 0.412 bits per heavy atom. The van der Waals surface area contributed by atoms with Gasteiger partial charge in [-0.05, 0) is 219 Å². The van der Waals surface area contributed by atoms with Crippen molar-refractivity contribution in [1.82, 2.24) is 0 Å². The number of rotatable bonds is 2. The monoisotopic (exact) mass is 917 g/mol. The summed E-state index contributed by atoms with van der Waals surface area (Å²) < 4.78 is 7.14. The molecule has 0 unspecified atom stereocenters. The summed E-state index contributed by atoms with van der Waals surface area (Å²) in [5.41, 5.74) is 26.3. The highest BCUT2D eigenvalue weighted by atomic mass is 35.5. The summed E-state index contributed by atoms with van der Waals surface area (Å²) in [6, 6.07) is 31.6. The van der Waals surface area contributed by atoms with Gasteiger partial charge in [0.25, 0.3) is 6.71 Å². The van der Waals surface area contributed by atoms with E-state index in [4.69, 9.17) is 16.0 Å². The van der Waals surface area contributed by atoms with Gasteiger partial charge in [-0.25, -0.2) is 0 Å². The predicted octanol–water partition coefficient (Wildman–Crippen LogP) is 16.3. The number of benzene rings is 6. The third-order valence-corrected chi connectivity index (χ3v) is 18.8. The van der Waals surface area contributed by atoms with Gasteiger partial charge in [-0.2, -0.15) is 0 Å². The number of fused-ring (bicyclic) bond motifs is 10. The molecule has 2 aliphatic heterocycles. The molecule has 5 aliphatic rings. The van der Waals surface area contributed by atoms with Crippen molar-refractivity contribution >= 4 is 90.8 Å². The fourth-order valence-electron chi connectivity index (χ4n) is 13.9. The number of furan rings is 1. The molecule has 0 amide bonds. The number of nitrogens with zero attached hydrogens (tertiary/aromatic N) is 2. The average Bonchev–Trinajstić information content (AvgIpc) is 3.61. The van der Waals surface area contributed by atoms with Crippen LogP contribution in [0.5, 0.6) is 0 Å². The maximum atomic E-state index is 7.15. The third kappa shape index (κ3) is 6.17. The molecule has 12 rings (SSSR count). The van der Waals surface area contributed by atoms with Gasteiger partial charge in [-0.3, -0.25) is 0 Å². The summed E-state index contributed by atoms with van der Waals surface area (Å²) in [6.07, 6.45) is 7.03. The van der Waals surface area contributed by atoms with Gasteiger partial charge < -0.3 is 14.2 Å². The van der Waals surface area contributed by atoms with Crippen molar-refractivity contribution in [2.45, 2.75) is 175 Å². The van der Waals surface area contributed by atoms with Crippen molar-refractivity contribution in [3.8, 4) is 0 Å². The fourth-order valence-corrected chi connectivity index (χ4v) is 14.0. The lowest BCUT2D eigenvalue weighted by Gasteiger charge is -2.47. The Morgan fingerprint density at radius 2 is 0.809 bits per heavy atom. The molecule has 0 radical (unpaired) electrons. The SMILES string of the molecule is Cc1cc2c3c(c1)N(c1cc4c(cc1C)C(C)(C)CCC4(C)C)c1cc4c(cc1B3c1ccc(Cl)cc1N2c1cc2c(cc1C)C(C)(C)CCC2(C)C)oc1cc2c(cc14)C(C)(C)CCC2(C)C. The second-order valence-corrected chi connectivity index (χ2v) is 26.5. The van der Waals surface area contributed by atoms with Crippen LogP contribution < -0.4 is 26.2 Å². The molecule has 0 spiro atoms. The number of halogens is 1. The van der Waals surface area contributed by atoms with Crippen molar-refractivity contribution in [2.75, 3.05) is 9.80 Å². The van der Waals surface area contributed by atoms with Gasteiger partial charge in [0.15, 0.2) is 0 Å². The zero-order chi connectivity index (χ0) is 48.2. The van der Waals surface area contributed by atoms with Gasteiger partial charge in [-0.15, -0.1) is 0 Å². The molecule has 3 nitrogen and oxygen atoms in total. The van der Waals surface area contributed by atoms with E-state index in [2.05, 4.69) is 193 Å². The van der Waals surface area contributed by atoms with E-state index < -0.39 is 0 Å². The van der Waals surface area contributed by atoms with E-state index in [0.29, 0.717) is 0 Å². The summed E-state index contributed by atoms with van der Waals surface area (Å²) >= 11 is 7.15. The quantitative estimate of drug-likeness (QED) is 0.161. The van der Waals surface area contributed by atoms with Crippen LogP contribution in [0.2, 0.25) is 5.02 Å². The summed E-state index contributed by atoms with van der Waals surface area (Å²) in [6.45, 7) is 36.2. The van der Waals surface area contributed by atoms with Crippen molar-refractivity contribution < 1.29 is 4.42 Å². The van der Waals surface area contributed by atoms with Crippen molar-refractivity contribution in [2.24, 2.45) is 0 Å². The van der Waals surface area contributed by atoms with Crippen molar-refractivity contribution in [1.29, 1.82) is 0 Å². The first-order valence-corrected chi connectivity index (χ1v) is 26.1. The van der Waals surface area contributed by atoms with Gasteiger partial charge >= 0.3 is 0 Å². The van der Waals surface area contributed by atoms with Crippen LogP contribution in [-0.2, 0) is 32.5 Å². The lowest BCUT2D eigenvalue weighted by molar-refractivity contribution is 0.332. The van der Waals surface area contributed by atoms with Crippen LogP contribution in [0.25, 0.3) is 21.9 Å². The Labute approximate surface area is 411 Å². The second kappa shape index (κ2) is 13.9. The smallest absolute Gasteiger partial charge is 0.252 e. The first-order chi connectivity index (χ1) is 31.8. The van der Waals surface area contributed by atoms with Crippen LogP contribution >= 0.6 is 11.6 Å². The number of anilines is 6. The normalized spacial score (nSPS) is 20.6. The molecule has 0 bridgehead atoms. The van der Waals surface area contributed by atoms with Gasteiger partial charge in [0, 0.05) is 49.9 Å². The topological polar surface area (TPSA) is 19.6 Å². The number of hydrogen-bond donors (Lipinski definition) is 0. The zero-order valence-corrected chi connectivity index (χ0v) is 44.3. The van der Waals surface area contributed by atoms with Gasteiger partial charge in [0.1, 0.15) is 11.2 Å². The van der Waals surface area contributed by atoms with E-state index in [1.165, 1.54) is 131 Å². The molecule has 68 heavy (non-hydrogen) atoms. The molecular formula is C63H70BClN2O. The van der Waals surface area contributed by atoms with E-state index in [1.54, 1.807) is 0 Å². The molecule has 3 aliphatic carbocycles. The molecule has 348 valence electrons. The molecule has 0 atom stereocenters. The predicted molar refractivity (Wildman–Crippen MR) is 293 cm³/mol. The van der Waals surface area contributed by atoms with E-state index in [0.717, 1.165) is 34.7 Å². The fraction of sp³-hybridized carbons (Fsp3) is 0.429. The Hall–Kier alpha value is -4.93. The maximum Gasteiger partial charge on any atom is 0.252 e. The molecule has 0 fully saturated rings. The van der Waals surface area contributed by atoms with Crippen LogP contribution in [0.4, 0.5) is 34.1 Å². The average molecular weight is 918 g/mol. The van der Waals surface area contributed by atoms with E-state index in [1.807, 2.05) is 0 Å². The van der Waals surface area contributed by atoms with Crippen LogP contribution in [0.15, 0.2) is 83.3 Å². The van der Waals surface area contributed by atoms with Crippen LogP contribution in [0.3, 0.4) is 0 Å². The summed E-state index contributed by atoms with van der Waals surface area (Å²) in [5, 5.41) is 3.14. The van der Waals surface area contributed by atoms with E-state index >= 15 is 0 Å². The molecule has 0 saturated carbocycles. The molecule has 3 heterocycles. The van der Waals surface area contributed by atoms with Crippen molar-refractivity contribution in [3.05, 3.63) is 134 Å². The van der Waals surface area contributed by atoms with Crippen LogP contribution in [0.1, 0.15) is 172 Å². The minimum Gasteiger partial charge on any atom is -0.456 e. The minimum absolute atomic E-state index is 0.0478. The standard InChI is InChI=1S/C63H70BClN2O/c1-35-24-53-57-54(25-35)67(50-32-45-42(27-37(50)3)59(6,7)19-22-62(45,12)13)52-30-40-39-29-43-46(63(14,15)23-20-60(43,8)9)33-55(39)68-56(40)34-48(52)64(57)47-17-16-38(65)28-51(47)66(53)49-31-44-41(26-36(49)2)58(4,5)18-21-61(44,10)11/h16-17,24-34H,18-23H2,1-15H3. The van der Waals surface area contributed by atoms with Crippen LogP contribution in [-0.4, -0.2) is 6.71 Å². The molecular weight excluding hydrogens is 847 g/mol. The Balaban J connectivity index is 1.19. The summed E-state index contributed by atoms with van der Waals surface area (Å²) in [4.78, 5) is 5.25.